The van der Waals surface area contributed by atoms with Gasteiger partial charge >= 0.3 is 12.2 Å². The largest absolute Gasteiger partial charge is 0.444 e. The van der Waals surface area contributed by atoms with Gasteiger partial charge in [0.05, 0.1) is 40.7 Å². The van der Waals surface area contributed by atoms with E-state index in [-0.39, 0.29) is 51.3 Å². The van der Waals surface area contributed by atoms with Gasteiger partial charge in [0.15, 0.2) is 0 Å². The Hall–Kier alpha value is -3.42. The maximum absolute atomic E-state index is 12.8. The minimum atomic E-state index is -0.536. The smallest absolute Gasteiger partial charge is 0.410 e. The van der Waals surface area contributed by atoms with Crippen LogP contribution in [0, 0.1) is 0 Å². The lowest BCUT2D eigenvalue weighted by atomic mass is 10.1. The fourth-order valence-corrected chi connectivity index (χ4v) is 6.89. The zero-order valence-corrected chi connectivity index (χ0v) is 30.7. The zero-order valence-electron chi connectivity index (χ0n) is 27.8. The molecule has 254 valence electrons. The summed E-state index contributed by atoms with van der Waals surface area (Å²) in [5.41, 5.74) is 2.93. The fourth-order valence-electron chi connectivity index (χ4n) is 5.92. The number of benzene rings is 1. The molecular formula is C34H46N6O4S3. The van der Waals surface area contributed by atoms with Crippen LogP contribution in [0.4, 0.5) is 9.59 Å². The van der Waals surface area contributed by atoms with Crippen molar-refractivity contribution in [3.05, 3.63) is 60.4 Å². The highest BCUT2D eigenvalue weighted by Crippen LogP contribution is 2.38. The van der Waals surface area contributed by atoms with Gasteiger partial charge in [-0.25, -0.2) is 19.6 Å². The summed E-state index contributed by atoms with van der Waals surface area (Å²) >= 11 is 1.69. The van der Waals surface area contributed by atoms with E-state index in [4.69, 9.17) is 9.47 Å². The Kier molecular flexibility index (Phi) is 11.1. The van der Waals surface area contributed by atoms with Crippen molar-refractivity contribution in [3.63, 3.8) is 0 Å². The van der Waals surface area contributed by atoms with Gasteiger partial charge in [-0.1, -0.05) is 24.3 Å². The van der Waals surface area contributed by atoms with Crippen molar-refractivity contribution in [2.45, 2.75) is 90.5 Å². The van der Waals surface area contributed by atoms with Crippen LogP contribution in [-0.2, 0) is 9.47 Å². The van der Waals surface area contributed by atoms with E-state index in [1.165, 1.54) is 0 Å². The van der Waals surface area contributed by atoms with Gasteiger partial charge < -0.3 is 19.4 Å². The van der Waals surface area contributed by atoms with Crippen molar-refractivity contribution >= 4 is 50.5 Å². The van der Waals surface area contributed by atoms with Crippen LogP contribution in [0.5, 0.6) is 0 Å². The van der Waals surface area contributed by atoms with Crippen molar-refractivity contribution in [1.82, 2.24) is 29.7 Å². The first kappa shape index (κ1) is 36.4. The number of H-pyrrole nitrogens is 2. The van der Waals surface area contributed by atoms with Crippen LogP contribution in [0.15, 0.2) is 48.8 Å². The third kappa shape index (κ3) is 8.36. The molecule has 2 amide bonds. The Balaban J connectivity index is 0.00000250. The SMILES string of the molecule is CC(C)(C)OC(=O)N1CCC[C@H]1c1ncc(-c2ccc(-c3ccc(-c4cnc([C@@H]5CCCN5C(=O)OC(C)(C)C)[nH]4)s3)cc2)[nH]1.S.S. The Morgan fingerprint density at radius 3 is 1.66 bits per heavy atom. The number of carbonyl (C=O) groups is 2. The molecule has 6 rings (SSSR count). The third-order valence-electron chi connectivity index (χ3n) is 7.94. The molecule has 4 aromatic rings. The van der Waals surface area contributed by atoms with Crippen LogP contribution < -0.4 is 0 Å². The standard InChI is InChI=1S/C34H42N6O4S.2H2S/c1-33(2,3)43-31(41)39-17-7-9-25(39)29-35-19-23(37-29)21-11-13-22(14-12-21)27-15-16-28(45-27)24-20-36-30(38-24)26-10-8-18-40(26)32(42)44-34(4,5)6;;/h11-16,19-20,25-26H,7-10,17-18H2,1-6H3,(H,35,37)(H,36,38);2*1H2/t25-,26-;;/m0../s1. The number of nitrogens with zero attached hydrogens (tertiary/aromatic N) is 4. The number of amides is 2. The first-order chi connectivity index (χ1) is 21.3. The Morgan fingerprint density at radius 1 is 0.702 bits per heavy atom. The topological polar surface area (TPSA) is 116 Å². The summed E-state index contributed by atoms with van der Waals surface area (Å²) in [5.74, 6) is 1.57. The monoisotopic (exact) mass is 698 g/mol. The summed E-state index contributed by atoms with van der Waals surface area (Å²) < 4.78 is 11.3. The first-order valence-corrected chi connectivity index (χ1v) is 16.5. The van der Waals surface area contributed by atoms with Gasteiger partial charge in [-0.2, -0.15) is 27.0 Å². The maximum atomic E-state index is 12.8. The predicted octanol–water partition coefficient (Wildman–Crippen LogP) is 8.56. The van der Waals surface area contributed by atoms with Gasteiger partial charge in [0.2, 0.25) is 0 Å². The van der Waals surface area contributed by atoms with Crippen molar-refractivity contribution in [2.75, 3.05) is 13.1 Å². The molecule has 0 saturated carbocycles. The molecule has 13 heteroatoms. The molecule has 2 N–H and O–H groups in total. The highest BCUT2D eigenvalue weighted by molar-refractivity contribution is 7.59. The quantitative estimate of drug-likeness (QED) is 0.216. The molecule has 2 fully saturated rings. The lowest BCUT2D eigenvalue weighted by Crippen LogP contribution is -2.36. The van der Waals surface area contributed by atoms with E-state index < -0.39 is 11.2 Å². The molecule has 2 aliphatic rings. The minimum Gasteiger partial charge on any atom is -0.444 e. The molecule has 0 aliphatic carbocycles. The summed E-state index contributed by atoms with van der Waals surface area (Å²) in [6, 6.07) is 12.4. The van der Waals surface area contributed by atoms with Crippen LogP contribution in [0.25, 0.3) is 32.3 Å². The van der Waals surface area contributed by atoms with Crippen molar-refractivity contribution in [1.29, 1.82) is 0 Å². The van der Waals surface area contributed by atoms with Gasteiger partial charge in [0.25, 0.3) is 0 Å². The summed E-state index contributed by atoms with van der Waals surface area (Å²) in [5, 5.41) is 0. The second-order valence-electron chi connectivity index (χ2n) is 13.8. The van der Waals surface area contributed by atoms with Crippen molar-refractivity contribution in [3.8, 4) is 32.3 Å². The van der Waals surface area contributed by atoms with Crippen LogP contribution >= 0.6 is 38.3 Å². The zero-order chi connectivity index (χ0) is 31.9. The minimum absolute atomic E-state index is 0. The lowest BCUT2D eigenvalue weighted by molar-refractivity contribution is 0.0208. The first-order valence-electron chi connectivity index (χ1n) is 15.6. The number of aromatic nitrogens is 4. The molecule has 10 nitrogen and oxygen atoms in total. The average Bonchev–Trinajstić information content (AvgIpc) is 3.80. The summed E-state index contributed by atoms with van der Waals surface area (Å²) in [7, 11) is 0. The molecular weight excluding hydrogens is 653 g/mol. The van der Waals surface area contributed by atoms with Gasteiger partial charge in [-0.3, -0.25) is 9.80 Å². The van der Waals surface area contributed by atoms with E-state index in [1.807, 2.05) is 53.9 Å². The molecule has 1 aromatic carbocycles. The number of carbonyl (C=O) groups excluding carboxylic acids is 2. The van der Waals surface area contributed by atoms with E-state index in [2.05, 4.69) is 56.3 Å². The molecule has 2 aliphatic heterocycles. The van der Waals surface area contributed by atoms with Crippen molar-refractivity contribution in [2.24, 2.45) is 0 Å². The molecule has 0 spiro atoms. The van der Waals surface area contributed by atoms with E-state index in [9.17, 15) is 9.59 Å². The second-order valence-corrected chi connectivity index (χ2v) is 14.9. The Morgan fingerprint density at radius 2 is 1.15 bits per heavy atom. The Bertz CT molecular complexity index is 1670. The van der Waals surface area contributed by atoms with E-state index in [0.29, 0.717) is 13.1 Å². The second kappa shape index (κ2) is 14.4. The maximum Gasteiger partial charge on any atom is 0.410 e. The number of imidazole rings is 2. The highest BCUT2D eigenvalue weighted by Gasteiger charge is 2.36. The number of aromatic amines is 2. The molecule has 3 aromatic heterocycles. The summed E-state index contributed by atoms with van der Waals surface area (Å²) in [6.45, 7) is 12.6. The predicted molar refractivity (Wildman–Crippen MR) is 196 cm³/mol. The Labute approximate surface area is 294 Å². The van der Waals surface area contributed by atoms with Crippen LogP contribution in [0.1, 0.15) is 91.0 Å². The van der Waals surface area contributed by atoms with Gasteiger partial charge in [-0.15, -0.1) is 11.3 Å². The molecule has 0 radical (unpaired) electrons. The lowest BCUT2D eigenvalue weighted by Gasteiger charge is -2.27. The molecule has 47 heavy (non-hydrogen) atoms. The highest BCUT2D eigenvalue weighted by atomic mass is 32.1. The number of ether oxygens (including phenoxy) is 2. The molecule has 0 unspecified atom stereocenters. The molecule has 2 atom stereocenters. The number of hydrogen-bond donors (Lipinski definition) is 2. The van der Waals surface area contributed by atoms with E-state index in [1.54, 1.807) is 21.1 Å². The molecule has 2 saturated heterocycles. The summed E-state index contributed by atoms with van der Waals surface area (Å²) in [6.07, 6.45) is 6.65. The molecule has 0 bridgehead atoms. The fraction of sp³-hybridized carbons (Fsp3) is 0.471. The summed E-state index contributed by atoms with van der Waals surface area (Å²) in [4.78, 5) is 47.5. The number of nitrogens with one attached hydrogen (secondary N) is 2. The third-order valence-corrected chi connectivity index (χ3v) is 9.10. The molecule has 5 heterocycles. The van der Waals surface area contributed by atoms with Crippen LogP contribution in [-0.4, -0.2) is 66.2 Å². The van der Waals surface area contributed by atoms with Gasteiger partial charge in [0.1, 0.15) is 22.9 Å². The number of thiophene rings is 1. The van der Waals surface area contributed by atoms with Gasteiger partial charge in [-0.05, 0) is 90.5 Å². The van der Waals surface area contributed by atoms with E-state index in [0.717, 1.165) is 69.6 Å². The number of rotatable bonds is 5. The average molecular weight is 699 g/mol. The van der Waals surface area contributed by atoms with Gasteiger partial charge in [0, 0.05) is 18.0 Å². The number of hydrogen-bond acceptors (Lipinski definition) is 7. The normalized spacial score (nSPS) is 18.1. The van der Waals surface area contributed by atoms with Crippen molar-refractivity contribution < 1.29 is 19.1 Å². The van der Waals surface area contributed by atoms with Crippen LogP contribution in [0.3, 0.4) is 0 Å². The van der Waals surface area contributed by atoms with Crippen LogP contribution in [0.2, 0.25) is 0 Å². The number of likely N-dealkylation sites (tertiary alicyclic amines) is 2. The van der Waals surface area contributed by atoms with E-state index >= 15 is 0 Å².